The Bertz CT molecular complexity index is 1380. The lowest BCUT2D eigenvalue weighted by Gasteiger charge is -2.44. The minimum Gasteiger partial charge on any atom is -0.339 e. The van der Waals surface area contributed by atoms with Gasteiger partial charge in [-0.2, -0.15) is 13.2 Å². The summed E-state index contributed by atoms with van der Waals surface area (Å²) in [5.74, 6) is 0.438. The Kier molecular flexibility index (Phi) is 10.9. The number of benzene rings is 2. The molecule has 0 bridgehead atoms. The number of aryl methyl sites for hydroxylation is 1. The molecule has 6 nitrogen and oxygen atoms in total. The highest BCUT2D eigenvalue weighted by molar-refractivity contribution is 6.42. The normalized spacial score (nSPS) is 21.0. The number of nitrogens with zero attached hydrogens (tertiary/aromatic N) is 3. The monoisotopic (exact) mass is 653 g/mol. The minimum atomic E-state index is -4.55. The Morgan fingerprint density at radius 1 is 0.955 bits per heavy atom. The Balaban J connectivity index is 1.52. The van der Waals surface area contributed by atoms with Gasteiger partial charge < -0.3 is 9.80 Å². The summed E-state index contributed by atoms with van der Waals surface area (Å²) in [4.78, 5) is 44.8. The maximum absolute atomic E-state index is 13.8. The summed E-state index contributed by atoms with van der Waals surface area (Å²) in [5, 5.41) is 0.761. The molecule has 2 aromatic carbocycles. The van der Waals surface area contributed by atoms with Crippen LogP contribution < -0.4 is 4.90 Å². The zero-order chi connectivity index (χ0) is 32.3. The summed E-state index contributed by atoms with van der Waals surface area (Å²) in [7, 11) is 1.46. The predicted molar refractivity (Wildman–Crippen MR) is 167 cm³/mol. The summed E-state index contributed by atoms with van der Waals surface area (Å²) in [5.41, 5.74) is 0.518. The van der Waals surface area contributed by atoms with Crippen LogP contribution in [0.5, 0.6) is 0 Å². The molecule has 11 heteroatoms. The van der Waals surface area contributed by atoms with E-state index in [-0.39, 0.29) is 42.3 Å². The first-order chi connectivity index (χ1) is 20.6. The van der Waals surface area contributed by atoms with Crippen LogP contribution in [-0.4, -0.2) is 60.2 Å². The minimum absolute atomic E-state index is 0.00772. The fraction of sp³-hybridized carbons (Fsp3) is 0.545. The predicted octanol–water partition coefficient (Wildman–Crippen LogP) is 8.05. The number of amides is 3. The molecule has 1 atom stereocenters. The first-order valence-electron chi connectivity index (χ1n) is 15.1. The molecule has 0 radical (unpaired) electrons. The number of piperazine rings is 1. The maximum atomic E-state index is 13.8. The lowest BCUT2D eigenvalue weighted by molar-refractivity contribution is -0.140. The van der Waals surface area contributed by atoms with Gasteiger partial charge in [-0.05, 0) is 86.4 Å². The molecule has 1 aliphatic heterocycles. The van der Waals surface area contributed by atoms with Gasteiger partial charge in [0.1, 0.15) is 5.78 Å². The molecule has 4 rings (SSSR count). The molecular formula is C33H40Cl2F3N3O3. The standard InChI is InChI=1S/C33H40Cl2F3N3O3/c1-20(2)13-30(42)23-6-8-24(9-7-23)31(43)40-11-12-41(27(19-40)16-22-5-10-28(34)29(35)17-22)32(44)39(4)26-15-21(3)14-25(18-26)33(36,37)38/h5,10,14-15,17-18,20,23-24,27H,6-9,11-13,16,19H2,1-4H3/t23?,24?,27-/m1/s1. The van der Waals surface area contributed by atoms with E-state index in [0.29, 0.717) is 66.6 Å². The van der Waals surface area contributed by atoms with E-state index in [1.807, 2.05) is 19.9 Å². The lowest BCUT2D eigenvalue weighted by Crippen LogP contribution is -2.60. The van der Waals surface area contributed by atoms with Gasteiger partial charge in [0.15, 0.2) is 0 Å². The topological polar surface area (TPSA) is 60.9 Å². The first kappa shape index (κ1) is 34.1. The Morgan fingerprint density at radius 2 is 1.61 bits per heavy atom. The third kappa shape index (κ3) is 8.27. The van der Waals surface area contributed by atoms with Gasteiger partial charge in [-0.1, -0.05) is 43.1 Å². The van der Waals surface area contributed by atoms with Gasteiger partial charge in [0.2, 0.25) is 5.91 Å². The Labute approximate surface area is 267 Å². The van der Waals surface area contributed by atoms with Gasteiger partial charge in [-0.15, -0.1) is 0 Å². The molecule has 3 amide bonds. The maximum Gasteiger partial charge on any atom is 0.416 e. The molecule has 2 aliphatic rings. The highest BCUT2D eigenvalue weighted by Gasteiger charge is 2.38. The second kappa shape index (κ2) is 14.1. The zero-order valence-corrected chi connectivity index (χ0v) is 27.1. The summed E-state index contributed by atoms with van der Waals surface area (Å²) in [6, 6.07) is 7.88. The van der Waals surface area contributed by atoms with Crippen LogP contribution in [0, 0.1) is 24.7 Å². The average Bonchev–Trinajstić information content (AvgIpc) is 2.97. The van der Waals surface area contributed by atoms with Gasteiger partial charge in [0.05, 0.1) is 21.7 Å². The van der Waals surface area contributed by atoms with Crippen molar-refractivity contribution in [1.29, 1.82) is 0 Å². The Hall–Kier alpha value is -2.78. The fourth-order valence-electron chi connectivity index (χ4n) is 6.33. The number of carbonyl (C=O) groups excluding carboxylic acids is 3. The molecule has 2 aromatic rings. The van der Waals surface area contributed by atoms with Gasteiger partial charge in [0, 0.05) is 50.6 Å². The van der Waals surface area contributed by atoms with Crippen LogP contribution in [0.4, 0.5) is 23.7 Å². The number of halogens is 5. The van der Waals surface area contributed by atoms with E-state index in [9.17, 15) is 27.6 Å². The van der Waals surface area contributed by atoms with Crippen LogP contribution in [0.2, 0.25) is 10.0 Å². The largest absolute Gasteiger partial charge is 0.416 e. The first-order valence-corrected chi connectivity index (χ1v) is 15.9. The SMILES string of the molecule is Cc1cc(N(C)C(=O)N2CCN(C(=O)C3CCC(C(=O)CC(C)C)CC3)C[C@H]2Cc2ccc(Cl)c(Cl)c2)cc(C(F)(F)F)c1. The average molecular weight is 655 g/mol. The van der Waals surface area contributed by atoms with Gasteiger partial charge in [-0.25, -0.2) is 4.79 Å². The van der Waals surface area contributed by atoms with E-state index in [2.05, 4.69) is 0 Å². The molecule has 0 aromatic heterocycles. The van der Waals surface area contributed by atoms with Crippen LogP contribution in [-0.2, 0) is 22.2 Å². The van der Waals surface area contributed by atoms with E-state index >= 15 is 0 Å². The number of urea groups is 1. The van der Waals surface area contributed by atoms with Crippen LogP contribution in [0.1, 0.15) is 62.6 Å². The molecule has 2 fully saturated rings. The number of rotatable bonds is 7. The summed E-state index contributed by atoms with van der Waals surface area (Å²) in [6.07, 6.45) is -0.901. The molecule has 0 unspecified atom stereocenters. The third-order valence-electron chi connectivity index (χ3n) is 8.70. The highest BCUT2D eigenvalue weighted by Crippen LogP contribution is 2.35. The van der Waals surface area contributed by atoms with Crippen molar-refractivity contribution in [1.82, 2.24) is 9.80 Å². The fourth-order valence-corrected chi connectivity index (χ4v) is 6.65. The van der Waals surface area contributed by atoms with E-state index in [1.165, 1.54) is 11.9 Å². The molecule has 0 spiro atoms. The molecule has 0 N–H and O–H groups in total. The van der Waals surface area contributed by atoms with E-state index in [1.54, 1.807) is 34.9 Å². The van der Waals surface area contributed by atoms with Crippen molar-refractivity contribution in [3.63, 3.8) is 0 Å². The number of anilines is 1. The van der Waals surface area contributed by atoms with Crippen LogP contribution in [0.15, 0.2) is 36.4 Å². The molecule has 240 valence electrons. The van der Waals surface area contributed by atoms with Crippen LogP contribution in [0.25, 0.3) is 0 Å². The molecule has 1 aliphatic carbocycles. The number of hydrogen-bond donors (Lipinski definition) is 0. The van der Waals surface area contributed by atoms with Crippen molar-refractivity contribution in [3.05, 3.63) is 63.1 Å². The van der Waals surface area contributed by atoms with Crippen LogP contribution >= 0.6 is 23.2 Å². The van der Waals surface area contributed by atoms with Crippen LogP contribution in [0.3, 0.4) is 0 Å². The van der Waals surface area contributed by atoms with E-state index < -0.39 is 23.8 Å². The molecular weight excluding hydrogens is 614 g/mol. The lowest BCUT2D eigenvalue weighted by atomic mass is 9.78. The van der Waals surface area contributed by atoms with Crippen molar-refractivity contribution in [3.8, 4) is 0 Å². The van der Waals surface area contributed by atoms with E-state index in [4.69, 9.17) is 23.2 Å². The van der Waals surface area contributed by atoms with E-state index in [0.717, 1.165) is 17.7 Å². The summed E-state index contributed by atoms with van der Waals surface area (Å²) >= 11 is 12.4. The zero-order valence-electron chi connectivity index (χ0n) is 25.6. The van der Waals surface area contributed by atoms with Crippen molar-refractivity contribution in [2.75, 3.05) is 31.6 Å². The van der Waals surface area contributed by atoms with Crippen molar-refractivity contribution in [2.45, 2.75) is 71.5 Å². The van der Waals surface area contributed by atoms with Gasteiger partial charge in [0.25, 0.3) is 0 Å². The molecule has 1 saturated heterocycles. The number of Topliss-reactive ketones (excluding diaryl/α,β-unsaturated/α-hetero) is 1. The van der Waals surface area contributed by atoms with Crippen molar-refractivity contribution in [2.24, 2.45) is 17.8 Å². The molecule has 44 heavy (non-hydrogen) atoms. The van der Waals surface area contributed by atoms with Gasteiger partial charge >= 0.3 is 12.2 Å². The van der Waals surface area contributed by atoms with Crippen molar-refractivity contribution >= 4 is 46.6 Å². The molecule has 1 heterocycles. The summed E-state index contributed by atoms with van der Waals surface area (Å²) < 4.78 is 40.6. The third-order valence-corrected chi connectivity index (χ3v) is 9.44. The van der Waals surface area contributed by atoms with Crippen molar-refractivity contribution < 1.29 is 27.6 Å². The number of carbonyl (C=O) groups is 3. The number of ketones is 1. The smallest absolute Gasteiger partial charge is 0.339 e. The number of alkyl halides is 3. The molecule has 1 saturated carbocycles. The second-order valence-electron chi connectivity index (χ2n) is 12.6. The Morgan fingerprint density at radius 3 is 2.23 bits per heavy atom. The van der Waals surface area contributed by atoms with Gasteiger partial charge in [-0.3, -0.25) is 14.5 Å². The summed E-state index contributed by atoms with van der Waals surface area (Å²) in [6.45, 7) is 6.43. The highest BCUT2D eigenvalue weighted by atomic mass is 35.5. The quantitative estimate of drug-likeness (QED) is 0.304. The second-order valence-corrected chi connectivity index (χ2v) is 13.4. The number of hydrogen-bond acceptors (Lipinski definition) is 3.